The molecule has 0 amide bonds. The van der Waals surface area contributed by atoms with E-state index in [1.54, 1.807) is 11.5 Å². The van der Waals surface area contributed by atoms with Crippen LogP contribution in [-0.4, -0.2) is 21.5 Å². The molecule has 0 saturated heterocycles. The lowest BCUT2D eigenvalue weighted by atomic mass is 10.0. The molecule has 0 bridgehead atoms. The standard InChI is InChI=1S/C16H19N3O2/c1-5-11-14(9(2)3)18-16-17-12-8-10(21-4)6-7-13(12)19(16)15(11)20/h6-9H,5H2,1-4H3,(H,17,18). The first-order chi connectivity index (χ1) is 10.1. The first kappa shape index (κ1) is 13.7. The van der Waals surface area contributed by atoms with E-state index in [0.29, 0.717) is 12.2 Å². The van der Waals surface area contributed by atoms with Crippen LogP contribution in [0.15, 0.2) is 23.0 Å². The quantitative estimate of drug-likeness (QED) is 0.805. The van der Waals surface area contributed by atoms with Gasteiger partial charge in [0, 0.05) is 17.3 Å². The van der Waals surface area contributed by atoms with Gasteiger partial charge in [0.2, 0.25) is 5.78 Å². The van der Waals surface area contributed by atoms with Gasteiger partial charge in [-0.2, -0.15) is 0 Å². The molecule has 0 saturated carbocycles. The Kier molecular flexibility index (Phi) is 3.20. The van der Waals surface area contributed by atoms with Crippen LogP contribution in [0.5, 0.6) is 5.75 Å². The third-order valence-electron chi connectivity index (χ3n) is 3.83. The largest absolute Gasteiger partial charge is 0.497 e. The minimum Gasteiger partial charge on any atom is -0.497 e. The molecule has 0 aliphatic rings. The van der Waals surface area contributed by atoms with Crippen LogP contribution in [0.2, 0.25) is 0 Å². The van der Waals surface area contributed by atoms with Gasteiger partial charge in [-0.3, -0.25) is 4.79 Å². The van der Waals surface area contributed by atoms with Crippen molar-refractivity contribution in [2.24, 2.45) is 0 Å². The number of H-pyrrole nitrogens is 1. The molecule has 110 valence electrons. The normalized spacial score (nSPS) is 11.7. The van der Waals surface area contributed by atoms with Crippen LogP contribution in [0.4, 0.5) is 0 Å². The molecule has 2 aromatic heterocycles. The number of rotatable bonds is 3. The maximum Gasteiger partial charge on any atom is 0.262 e. The average Bonchev–Trinajstić information content (AvgIpc) is 2.84. The van der Waals surface area contributed by atoms with Gasteiger partial charge in [-0.25, -0.2) is 9.38 Å². The molecule has 0 unspecified atom stereocenters. The lowest BCUT2D eigenvalue weighted by Crippen LogP contribution is -2.22. The maximum absolute atomic E-state index is 12.8. The van der Waals surface area contributed by atoms with Gasteiger partial charge < -0.3 is 9.72 Å². The minimum atomic E-state index is 0.0163. The van der Waals surface area contributed by atoms with Crippen LogP contribution in [0.3, 0.4) is 0 Å². The van der Waals surface area contributed by atoms with E-state index in [1.807, 2.05) is 25.1 Å². The fourth-order valence-corrected chi connectivity index (χ4v) is 2.76. The minimum absolute atomic E-state index is 0.0163. The van der Waals surface area contributed by atoms with Crippen molar-refractivity contribution >= 4 is 16.8 Å². The zero-order chi connectivity index (χ0) is 15.1. The molecular formula is C16H19N3O2. The Morgan fingerprint density at radius 2 is 2.14 bits per heavy atom. The van der Waals surface area contributed by atoms with Gasteiger partial charge in [-0.05, 0) is 24.5 Å². The fourth-order valence-electron chi connectivity index (χ4n) is 2.76. The Bertz CT molecular complexity index is 874. The Labute approximate surface area is 122 Å². The molecule has 0 spiro atoms. The molecule has 0 radical (unpaired) electrons. The molecule has 1 N–H and O–H groups in total. The summed E-state index contributed by atoms with van der Waals surface area (Å²) in [6.45, 7) is 6.16. The second kappa shape index (κ2) is 4.91. The highest BCUT2D eigenvalue weighted by Crippen LogP contribution is 2.22. The average molecular weight is 285 g/mol. The summed E-state index contributed by atoms with van der Waals surface area (Å²) in [4.78, 5) is 20.6. The Morgan fingerprint density at radius 1 is 1.38 bits per heavy atom. The Balaban J connectivity index is 2.44. The summed E-state index contributed by atoms with van der Waals surface area (Å²) in [7, 11) is 1.62. The van der Waals surface area contributed by atoms with Crippen molar-refractivity contribution in [3.05, 3.63) is 39.8 Å². The van der Waals surface area contributed by atoms with Crippen molar-refractivity contribution in [1.82, 2.24) is 14.4 Å². The summed E-state index contributed by atoms with van der Waals surface area (Å²) in [5, 5.41) is 0. The Morgan fingerprint density at radius 3 is 2.76 bits per heavy atom. The van der Waals surface area contributed by atoms with E-state index >= 15 is 0 Å². The molecule has 1 aromatic carbocycles. The van der Waals surface area contributed by atoms with Crippen LogP contribution in [0.25, 0.3) is 16.8 Å². The third kappa shape index (κ3) is 2.00. The molecule has 0 atom stereocenters. The summed E-state index contributed by atoms with van der Waals surface area (Å²) in [6, 6.07) is 5.56. The van der Waals surface area contributed by atoms with Gasteiger partial charge in [0.05, 0.1) is 18.1 Å². The molecule has 0 aliphatic carbocycles. The highest BCUT2D eigenvalue weighted by Gasteiger charge is 2.16. The van der Waals surface area contributed by atoms with E-state index < -0.39 is 0 Å². The maximum atomic E-state index is 12.8. The number of aromatic amines is 1. The van der Waals surface area contributed by atoms with Crippen LogP contribution in [-0.2, 0) is 6.42 Å². The number of benzene rings is 1. The number of hydrogen-bond acceptors (Lipinski definition) is 3. The highest BCUT2D eigenvalue weighted by molar-refractivity contribution is 5.81. The molecule has 21 heavy (non-hydrogen) atoms. The van der Waals surface area contributed by atoms with E-state index in [4.69, 9.17) is 4.74 Å². The lowest BCUT2D eigenvalue weighted by molar-refractivity contribution is 0.415. The summed E-state index contributed by atoms with van der Waals surface area (Å²) in [6.07, 6.45) is 0.703. The topological polar surface area (TPSA) is 59.4 Å². The second-order valence-corrected chi connectivity index (χ2v) is 5.46. The first-order valence-corrected chi connectivity index (χ1v) is 7.18. The van der Waals surface area contributed by atoms with Crippen molar-refractivity contribution in [1.29, 1.82) is 0 Å². The van der Waals surface area contributed by atoms with E-state index in [1.165, 1.54) is 0 Å². The number of nitrogens with one attached hydrogen (secondary N) is 1. The van der Waals surface area contributed by atoms with Crippen LogP contribution in [0, 0.1) is 0 Å². The van der Waals surface area contributed by atoms with E-state index in [9.17, 15) is 4.79 Å². The van der Waals surface area contributed by atoms with Crippen molar-refractivity contribution < 1.29 is 4.74 Å². The lowest BCUT2D eigenvalue weighted by Gasteiger charge is -2.11. The van der Waals surface area contributed by atoms with Gasteiger partial charge in [0.15, 0.2) is 0 Å². The van der Waals surface area contributed by atoms with Crippen molar-refractivity contribution in [2.75, 3.05) is 7.11 Å². The van der Waals surface area contributed by atoms with Crippen molar-refractivity contribution in [2.45, 2.75) is 33.1 Å². The van der Waals surface area contributed by atoms with E-state index in [-0.39, 0.29) is 11.5 Å². The third-order valence-corrected chi connectivity index (χ3v) is 3.83. The summed E-state index contributed by atoms with van der Waals surface area (Å²) in [5.41, 5.74) is 3.37. The van der Waals surface area contributed by atoms with Crippen LogP contribution >= 0.6 is 0 Å². The van der Waals surface area contributed by atoms with Crippen molar-refractivity contribution in [3.63, 3.8) is 0 Å². The van der Waals surface area contributed by atoms with E-state index in [0.717, 1.165) is 28.0 Å². The molecule has 0 aliphatic heterocycles. The number of aromatic nitrogens is 3. The molecule has 0 fully saturated rings. The summed E-state index contributed by atoms with van der Waals surface area (Å²) in [5.74, 6) is 1.58. The number of hydrogen-bond donors (Lipinski definition) is 1. The molecule has 2 heterocycles. The van der Waals surface area contributed by atoms with Crippen LogP contribution < -0.4 is 10.3 Å². The second-order valence-electron chi connectivity index (χ2n) is 5.46. The van der Waals surface area contributed by atoms with Gasteiger partial charge in [-0.15, -0.1) is 0 Å². The zero-order valence-electron chi connectivity index (χ0n) is 12.7. The number of ether oxygens (including phenoxy) is 1. The number of methoxy groups -OCH3 is 1. The zero-order valence-corrected chi connectivity index (χ0v) is 12.7. The van der Waals surface area contributed by atoms with Gasteiger partial charge in [0.1, 0.15) is 5.75 Å². The molecule has 3 aromatic rings. The van der Waals surface area contributed by atoms with Gasteiger partial charge >= 0.3 is 0 Å². The van der Waals surface area contributed by atoms with Crippen LogP contribution in [0.1, 0.15) is 37.9 Å². The summed E-state index contributed by atoms with van der Waals surface area (Å²) < 4.78 is 6.87. The molecule has 3 rings (SSSR count). The highest BCUT2D eigenvalue weighted by atomic mass is 16.5. The Hall–Kier alpha value is -2.30. The number of imidazole rings is 1. The number of fused-ring (bicyclic) bond motifs is 3. The molecular weight excluding hydrogens is 266 g/mol. The fraction of sp³-hybridized carbons (Fsp3) is 0.375. The smallest absolute Gasteiger partial charge is 0.262 e. The first-order valence-electron chi connectivity index (χ1n) is 7.18. The van der Waals surface area contributed by atoms with Crippen molar-refractivity contribution in [3.8, 4) is 5.75 Å². The van der Waals surface area contributed by atoms with E-state index in [2.05, 4.69) is 23.8 Å². The predicted molar refractivity (Wildman–Crippen MR) is 83.3 cm³/mol. The SMILES string of the molecule is CCc1c(C(C)C)[nH]c2nc3cc(OC)ccc3n2c1=O. The van der Waals surface area contributed by atoms with Gasteiger partial charge in [-0.1, -0.05) is 20.8 Å². The molecule has 5 heteroatoms. The molecule has 5 nitrogen and oxygen atoms in total. The monoisotopic (exact) mass is 285 g/mol. The number of nitrogens with zero attached hydrogens (tertiary/aromatic N) is 2. The van der Waals surface area contributed by atoms with Gasteiger partial charge in [0.25, 0.3) is 5.56 Å². The summed E-state index contributed by atoms with van der Waals surface area (Å²) >= 11 is 0. The predicted octanol–water partition coefficient (Wildman–Crippen LogP) is 2.87.